The molecule has 1 aromatic heterocycles. The molecule has 2 rings (SSSR count). The summed E-state index contributed by atoms with van der Waals surface area (Å²) < 4.78 is 10.6. The highest BCUT2D eigenvalue weighted by molar-refractivity contribution is 14.0. The van der Waals surface area contributed by atoms with Crippen molar-refractivity contribution in [2.24, 2.45) is 4.99 Å². The lowest BCUT2D eigenvalue weighted by Crippen LogP contribution is -2.37. The summed E-state index contributed by atoms with van der Waals surface area (Å²) in [5, 5.41) is 9.95. The molecule has 156 valence electrons. The predicted octanol–water partition coefficient (Wildman–Crippen LogP) is 3.98. The number of aliphatic imine (C=N–C) groups is 1. The van der Waals surface area contributed by atoms with E-state index < -0.39 is 0 Å². The van der Waals surface area contributed by atoms with Gasteiger partial charge in [0, 0.05) is 37.4 Å². The molecule has 0 saturated heterocycles. The fourth-order valence-corrected chi connectivity index (χ4v) is 3.48. The first kappa shape index (κ1) is 24.5. The van der Waals surface area contributed by atoms with E-state index in [-0.39, 0.29) is 29.4 Å². The van der Waals surface area contributed by atoms with Crippen molar-refractivity contribution in [3.63, 3.8) is 0 Å². The first-order chi connectivity index (χ1) is 12.9. The van der Waals surface area contributed by atoms with E-state index in [1.807, 2.05) is 18.2 Å². The monoisotopic (exact) mass is 518 g/mol. The summed E-state index contributed by atoms with van der Waals surface area (Å²) >= 11 is 1.72. The second-order valence-electron chi connectivity index (χ2n) is 7.17. The molecule has 0 aliphatic rings. The van der Waals surface area contributed by atoms with Crippen LogP contribution in [-0.2, 0) is 18.4 Å². The topological polar surface area (TPSA) is 67.8 Å². The van der Waals surface area contributed by atoms with Crippen LogP contribution in [0, 0.1) is 0 Å². The number of benzene rings is 1. The normalized spacial score (nSPS) is 11.6. The maximum absolute atomic E-state index is 5.35. The van der Waals surface area contributed by atoms with Crippen molar-refractivity contribution in [2.45, 2.75) is 39.2 Å². The molecule has 6 nitrogen and oxygen atoms in total. The van der Waals surface area contributed by atoms with Crippen LogP contribution in [0.1, 0.15) is 37.0 Å². The number of rotatable bonds is 7. The molecule has 2 N–H and O–H groups in total. The Hall–Kier alpha value is -1.55. The van der Waals surface area contributed by atoms with Gasteiger partial charge in [0.05, 0.1) is 24.9 Å². The van der Waals surface area contributed by atoms with E-state index in [0.717, 1.165) is 46.7 Å². The number of ether oxygens (including phenoxy) is 2. The van der Waals surface area contributed by atoms with Gasteiger partial charge in [0.2, 0.25) is 0 Å². The highest BCUT2D eigenvalue weighted by Crippen LogP contribution is 2.27. The van der Waals surface area contributed by atoms with Crippen molar-refractivity contribution >= 4 is 41.3 Å². The summed E-state index contributed by atoms with van der Waals surface area (Å²) in [5.41, 5.74) is 2.34. The van der Waals surface area contributed by atoms with Crippen LogP contribution in [0.3, 0.4) is 0 Å². The smallest absolute Gasteiger partial charge is 0.191 e. The van der Waals surface area contributed by atoms with E-state index >= 15 is 0 Å². The molecule has 1 heterocycles. The van der Waals surface area contributed by atoms with Crippen molar-refractivity contribution < 1.29 is 9.47 Å². The van der Waals surface area contributed by atoms with E-state index in [4.69, 9.17) is 14.5 Å². The van der Waals surface area contributed by atoms with Gasteiger partial charge in [0.1, 0.15) is 0 Å². The first-order valence-electron chi connectivity index (χ1n) is 8.97. The second kappa shape index (κ2) is 11.5. The van der Waals surface area contributed by atoms with Crippen LogP contribution in [0.15, 0.2) is 28.6 Å². The minimum Gasteiger partial charge on any atom is -0.493 e. The zero-order chi connectivity index (χ0) is 19.9. The zero-order valence-electron chi connectivity index (χ0n) is 17.5. The molecule has 28 heavy (non-hydrogen) atoms. The van der Waals surface area contributed by atoms with E-state index in [2.05, 4.69) is 41.8 Å². The van der Waals surface area contributed by atoms with Gasteiger partial charge in [-0.2, -0.15) is 0 Å². The molecular weight excluding hydrogens is 487 g/mol. The summed E-state index contributed by atoms with van der Waals surface area (Å²) in [6.45, 7) is 7.98. The number of thiazole rings is 1. The molecule has 0 atom stereocenters. The first-order valence-corrected chi connectivity index (χ1v) is 9.85. The van der Waals surface area contributed by atoms with Crippen LogP contribution in [0.2, 0.25) is 0 Å². The van der Waals surface area contributed by atoms with Gasteiger partial charge in [0.15, 0.2) is 17.5 Å². The van der Waals surface area contributed by atoms with Crippen molar-refractivity contribution in [3.8, 4) is 11.5 Å². The van der Waals surface area contributed by atoms with Crippen LogP contribution >= 0.6 is 35.3 Å². The minimum atomic E-state index is 0. The van der Waals surface area contributed by atoms with E-state index in [1.165, 1.54) is 0 Å². The third-order valence-corrected chi connectivity index (χ3v) is 4.99. The number of halogens is 1. The molecule has 0 unspecified atom stereocenters. The van der Waals surface area contributed by atoms with Crippen molar-refractivity contribution in [3.05, 3.63) is 39.8 Å². The Morgan fingerprint density at radius 3 is 2.43 bits per heavy atom. The maximum atomic E-state index is 5.35. The van der Waals surface area contributed by atoms with Crippen molar-refractivity contribution in [1.82, 2.24) is 15.6 Å². The molecule has 0 aliphatic carbocycles. The third kappa shape index (κ3) is 7.12. The average molecular weight is 518 g/mol. The summed E-state index contributed by atoms with van der Waals surface area (Å²) in [7, 11) is 5.04. The molecule has 0 saturated carbocycles. The summed E-state index contributed by atoms with van der Waals surface area (Å²) in [4.78, 5) is 9.00. The molecule has 1 aromatic carbocycles. The lowest BCUT2D eigenvalue weighted by molar-refractivity contribution is 0.354. The van der Waals surface area contributed by atoms with Crippen LogP contribution < -0.4 is 20.1 Å². The van der Waals surface area contributed by atoms with Gasteiger partial charge >= 0.3 is 0 Å². The van der Waals surface area contributed by atoms with E-state index in [0.29, 0.717) is 6.54 Å². The highest BCUT2D eigenvalue weighted by atomic mass is 127. The summed E-state index contributed by atoms with van der Waals surface area (Å²) in [5.74, 6) is 2.21. The molecule has 0 bridgehead atoms. The number of nitrogens with one attached hydrogen (secondary N) is 2. The number of aromatic nitrogens is 1. The van der Waals surface area contributed by atoms with Crippen LogP contribution in [-0.4, -0.2) is 38.8 Å². The standard InChI is InChI=1S/C20H30N4O2S.HI/c1-20(2,3)17-13-27-18(24-17)9-10-22-19(21-4)23-12-14-7-8-15(25-5)16(11-14)26-6;/h7-8,11,13H,9-10,12H2,1-6H3,(H2,21,22,23);1H. The largest absolute Gasteiger partial charge is 0.493 e. The molecule has 0 fully saturated rings. The van der Waals surface area contributed by atoms with Gasteiger partial charge < -0.3 is 20.1 Å². The molecule has 0 radical (unpaired) electrons. The van der Waals surface area contributed by atoms with Crippen molar-refractivity contribution in [2.75, 3.05) is 27.8 Å². The lowest BCUT2D eigenvalue weighted by Gasteiger charge is -2.14. The number of hydrogen-bond acceptors (Lipinski definition) is 5. The van der Waals surface area contributed by atoms with Gasteiger partial charge in [-0.1, -0.05) is 26.8 Å². The molecule has 0 spiro atoms. The Morgan fingerprint density at radius 2 is 1.86 bits per heavy atom. The number of hydrogen-bond donors (Lipinski definition) is 2. The number of nitrogens with zero attached hydrogens (tertiary/aromatic N) is 2. The van der Waals surface area contributed by atoms with Gasteiger partial charge in [0.25, 0.3) is 0 Å². The molecule has 0 aliphatic heterocycles. The molecule has 8 heteroatoms. The maximum Gasteiger partial charge on any atom is 0.191 e. The second-order valence-corrected chi connectivity index (χ2v) is 8.11. The van der Waals surface area contributed by atoms with Gasteiger partial charge in [-0.25, -0.2) is 4.98 Å². The van der Waals surface area contributed by atoms with Crippen LogP contribution in [0.5, 0.6) is 11.5 Å². The molecule has 0 amide bonds. The fourth-order valence-electron chi connectivity index (χ4n) is 2.46. The number of guanidine groups is 1. The Morgan fingerprint density at radius 1 is 1.14 bits per heavy atom. The zero-order valence-corrected chi connectivity index (χ0v) is 20.6. The van der Waals surface area contributed by atoms with Gasteiger partial charge in [-0.15, -0.1) is 35.3 Å². The van der Waals surface area contributed by atoms with E-state index in [1.54, 1.807) is 32.6 Å². The Labute approximate surface area is 189 Å². The Balaban J connectivity index is 0.00000392. The van der Waals surface area contributed by atoms with Gasteiger partial charge in [-0.05, 0) is 17.7 Å². The molecular formula is C20H31IN4O2S. The SMILES string of the molecule is CN=C(NCCc1nc(C(C)(C)C)cs1)NCc1ccc(OC)c(OC)c1.I. The van der Waals surface area contributed by atoms with Crippen LogP contribution in [0.25, 0.3) is 0 Å². The fraction of sp³-hybridized carbons (Fsp3) is 0.500. The lowest BCUT2D eigenvalue weighted by atomic mass is 9.93. The minimum absolute atomic E-state index is 0. The van der Waals surface area contributed by atoms with Crippen LogP contribution in [0.4, 0.5) is 0 Å². The number of methoxy groups -OCH3 is 2. The third-order valence-electron chi connectivity index (χ3n) is 4.08. The summed E-state index contributed by atoms with van der Waals surface area (Å²) in [6, 6.07) is 5.87. The average Bonchev–Trinajstić information content (AvgIpc) is 3.13. The molecule has 2 aromatic rings. The van der Waals surface area contributed by atoms with Crippen molar-refractivity contribution in [1.29, 1.82) is 0 Å². The highest BCUT2D eigenvalue weighted by Gasteiger charge is 2.17. The quantitative estimate of drug-likeness (QED) is 0.330. The predicted molar refractivity (Wildman–Crippen MR) is 128 cm³/mol. The Kier molecular flexibility index (Phi) is 10.0. The van der Waals surface area contributed by atoms with Gasteiger partial charge in [-0.3, -0.25) is 4.99 Å². The summed E-state index contributed by atoms with van der Waals surface area (Å²) in [6.07, 6.45) is 0.873. The van der Waals surface area contributed by atoms with E-state index in [9.17, 15) is 0 Å². The Bertz CT molecular complexity index is 772.